The Morgan fingerprint density at radius 1 is 0.690 bits per heavy atom. The molecule has 228 valence electrons. The third kappa shape index (κ3) is 7.67. The minimum absolute atomic E-state index is 0.0326. The molecule has 0 aliphatic rings. The van der Waals surface area contributed by atoms with Gasteiger partial charge in [0.25, 0.3) is 22.7 Å². The van der Waals surface area contributed by atoms with Gasteiger partial charge in [0.2, 0.25) is 0 Å². The predicted octanol–water partition coefficient (Wildman–Crippen LogP) is 7.22. The van der Waals surface area contributed by atoms with Crippen molar-refractivity contribution in [2.24, 2.45) is 0 Å². The molecule has 4 unspecified atom stereocenters. The molecule has 0 N–H and O–H groups in total. The first-order valence-corrected chi connectivity index (χ1v) is 12.6. The number of benzene rings is 2. The normalized spacial score (nSPS) is 13.9. The van der Waals surface area contributed by atoms with E-state index in [2.05, 4.69) is 9.47 Å². The Labute approximate surface area is 237 Å². The molecule has 0 aromatic heterocycles. The van der Waals surface area contributed by atoms with E-state index in [1.165, 1.54) is 0 Å². The van der Waals surface area contributed by atoms with Crippen LogP contribution in [0.5, 0.6) is 0 Å². The van der Waals surface area contributed by atoms with E-state index in [1.54, 1.807) is 27.7 Å². The number of non-ortho nitro benzene ring substituents is 2. The highest BCUT2D eigenvalue weighted by atomic mass is 19.1. The first kappa shape index (κ1) is 33.4. The molecule has 17 heteroatoms. The second-order valence-electron chi connectivity index (χ2n) is 9.39. The topological polar surface area (TPSA) is 208 Å². The van der Waals surface area contributed by atoms with Crippen LogP contribution >= 0.6 is 0 Å². The zero-order valence-electron chi connectivity index (χ0n) is 23.0. The van der Waals surface area contributed by atoms with E-state index < -0.39 is 97.1 Å². The molecular formula is C25H28F2N4O11. The van der Waals surface area contributed by atoms with Crippen molar-refractivity contribution in [3.05, 3.63) is 87.0 Å². The van der Waals surface area contributed by atoms with Crippen molar-refractivity contribution < 1.29 is 42.7 Å². The summed E-state index contributed by atoms with van der Waals surface area (Å²) < 4.78 is 39.9. The van der Waals surface area contributed by atoms with Crippen LogP contribution in [-0.4, -0.2) is 39.1 Å². The maximum Gasteiger partial charge on any atom is 0.508 e. The zero-order valence-corrected chi connectivity index (χ0v) is 23.0. The molecule has 2 aromatic carbocycles. The Hall–Kier alpha value is -4.83. The van der Waals surface area contributed by atoms with Gasteiger partial charge in [0.15, 0.2) is 12.3 Å². The summed E-state index contributed by atoms with van der Waals surface area (Å²) in [4.78, 5) is 54.1. The molecule has 0 amide bonds. The number of carbonyl (C=O) groups excluding carboxylic acids is 1. The maximum atomic E-state index is 15.3. The molecule has 0 saturated carbocycles. The summed E-state index contributed by atoms with van der Waals surface area (Å²) in [7, 11) is 0. The number of nitrogens with zero attached hydrogens (tertiary/aromatic N) is 4. The fourth-order valence-corrected chi connectivity index (χ4v) is 4.23. The molecule has 2 aromatic rings. The Bertz CT molecular complexity index is 1290. The van der Waals surface area contributed by atoms with E-state index in [9.17, 15) is 45.3 Å². The lowest BCUT2D eigenvalue weighted by molar-refractivity contribution is -0.395. The van der Waals surface area contributed by atoms with Gasteiger partial charge in [-0.1, -0.05) is 27.7 Å². The maximum absolute atomic E-state index is 15.3. The molecule has 4 atom stereocenters. The van der Waals surface area contributed by atoms with Crippen molar-refractivity contribution in [1.82, 2.24) is 0 Å². The zero-order chi connectivity index (χ0) is 31.9. The van der Waals surface area contributed by atoms with E-state index in [4.69, 9.17) is 0 Å². The number of alkyl halides is 2. The number of rotatable bonds is 14. The second kappa shape index (κ2) is 14.2. The number of nitro groups is 4. The summed E-state index contributed by atoms with van der Waals surface area (Å²) >= 11 is 0. The Morgan fingerprint density at radius 3 is 1.29 bits per heavy atom. The second-order valence-corrected chi connectivity index (χ2v) is 9.39. The van der Waals surface area contributed by atoms with Gasteiger partial charge < -0.3 is 9.47 Å². The number of halogens is 2. The van der Waals surface area contributed by atoms with Crippen LogP contribution in [0.4, 0.5) is 36.3 Å². The summed E-state index contributed by atoms with van der Waals surface area (Å²) in [6.45, 7) is 4.23. The Morgan fingerprint density at radius 2 is 1.02 bits per heavy atom. The first-order chi connectivity index (χ1) is 19.6. The number of ether oxygens (including phenoxy) is 2. The number of hydrogen-bond acceptors (Lipinski definition) is 11. The van der Waals surface area contributed by atoms with Crippen molar-refractivity contribution in [2.75, 3.05) is 13.2 Å². The highest BCUT2D eigenvalue weighted by Crippen LogP contribution is 2.41. The first-order valence-electron chi connectivity index (χ1n) is 12.6. The standard InChI is InChI=1S/C25H28F2N4O11/c1-5-13(3)17-7-15(28(33)34)9-21(30(37)38)23(17)19(26)11-41-25(32)42-12-20(27)24-18(14(4)6-2)8-16(29(35)36)10-22(24)31(39)40/h7-10,13-14,19-20H,5-6,11-12H2,1-4H3. The van der Waals surface area contributed by atoms with Crippen LogP contribution in [0.1, 0.15) is 87.0 Å². The fraction of sp³-hybridized carbons (Fsp3) is 0.480. The molecule has 2 rings (SSSR count). The molecular weight excluding hydrogens is 570 g/mol. The Balaban J connectivity index is 2.28. The molecule has 0 saturated heterocycles. The predicted molar refractivity (Wildman–Crippen MR) is 142 cm³/mol. The largest absolute Gasteiger partial charge is 0.508 e. The highest BCUT2D eigenvalue weighted by Gasteiger charge is 2.34. The van der Waals surface area contributed by atoms with Crippen molar-refractivity contribution in [2.45, 2.75) is 64.7 Å². The molecule has 0 radical (unpaired) electrons. The SMILES string of the molecule is CCC(C)c1cc([N+](=O)[O-])cc([N+](=O)[O-])c1C(F)COC(=O)OCC(F)c1c(C(C)CC)cc([N+](=O)[O-])cc1[N+](=O)[O-]. The minimum atomic E-state index is -2.32. The number of carbonyl (C=O) groups is 1. The van der Waals surface area contributed by atoms with Crippen LogP contribution in [0.15, 0.2) is 24.3 Å². The van der Waals surface area contributed by atoms with E-state index in [0.29, 0.717) is 25.0 Å². The van der Waals surface area contributed by atoms with Crippen LogP contribution in [0.2, 0.25) is 0 Å². The smallest absolute Gasteiger partial charge is 0.431 e. The molecule has 42 heavy (non-hydrogen) atoms. The van der Waals surface area contributed by atoms with Crippen molar-refractivity contribution in [1.29, 1.82) is 0 Å². The van der Waals surface area contributed by atoms with Crippen molar-refractivity contribution in [3.8, 4) is 0 Å². The average molecular weight is 599 g/mol. The molecule has 15 nitrogen and oxygen atoms in total. The molecule has 0 heterocycles. The van der Waals surface area contributed by atoms with Gasteiger partial charge in [0.05, 0.1) is 43.0 Å². The lowest BCUT2D eigenvalue weighted by Gasteiger charge is -2.19. The monoisotopic (exact) mass is 598 g/mol. The molecule has 0 spiro atoms. The van der Waals surface area contributed by atoms with Gasteiger partial charge in [-0.25, -0.2) is 13.6 Å². The summed E-state index contributed by atoms with van der Waals surface area (Å²) in [6.07, 6.45) is -5.57. The van der Waals surface area contributed by atoms with Crippen LogP contribution in [-0.2, 0) is 9.47 Å². The Kier molecular flexibility index (Phi) is 11.3. The molecule has 0 aliphatic heterocycles. The van der Waals surface area contributed by atoms with Gasteiger partial charge in [-0.05, 0) is 35.8 Å². The van der Waals surface area contributed by atoms with Crippen molar-refractivity contribution >= 4 is 28.9 Å². The van der Waals surface area contributed by atoms with Crippen LogP contribution < -0.4 is 0 Å². The summed E-state index contributed by atoms with van der Waals surface area (Å²) in [6, 6.07) is 3.18. The van der Waals surface area contributed by atoms with Gasteiger partial charge >= 0.3 is 6.16 Å². The van der Waals surface area contributed by atoms with Crippen LogP contribution in [0.3, 0.4) is 0 Å². The van der Waals surface area contributed by atoms with Gasteiger partial charge in [-0.15, -0.1) is 0 Å². The third-order valence-corrected chi connectivity index (χ3v) is 6.77. The summed E-state index contributed by atoms with van der Waals surface area (Å²) in [5.74, 6) is -1.10. The van der Waals surface area contributed by atoms with E-state index in [0.717, 1.165) is 12.1 Å². The van der Waals surface area contributed by atoms with E-state index in [-0.39, 0.29) is 11.1 Å². The van der Waals surface area contributed by atoms with Gasteiger partial charge in [-0.2, -0.15) is 0 Å². The lowest BCUT2D eigenvalue weighted by atomic mass is 9.90. The third-order valence-electron chi connectivity index (χ3n) is 6.77. The van der Waals surface area contributed by atoms with Gasteiger partial charge in [0.1, 0.15) is 13.2 Å². The number of nitro benzene ring substituents is 4. The minimum Gasteiger partial charge on any atom is -0.431 e. The van der Waals surface area contributed by atoms with E-state index in [1.807, 2.05) is 0 Å². The molecule has 0 bridgehead atoms. The van der Waals surface area contributed by atoms with E-state index >= 15 is 8.78 Å². The van der Waals surface area contributed by atoms with Crippen molar-refractivity contribution in [3.63, 3.8) is 0 Å². The molecule has 0 fully saturated rings. The fourth-order valence-electron chi connectivity index (χ4n) is 4.23. The van der Waals surface area contributed by atoms with Crippen LogP contribution in [0, 0.1) is 40.5 Å². The van der Waals surface area contributed by atoms with Crippen LogP contribution in [0.25, 0.3) is 0 Å². The summed E-state index contributed by atoms with van der Waals surface area (Å²) in [5, 5.41) is 45.7. The average Bonchev–Trinajstić information content (AvgIpc) is 2.95. The molecule has 0 aliphatic carbocycles. The van der Waals surface area contributed by atoms with Gasteiger partial charge in [-0.3, -0.25) is 40.5 Å². The number of hydrogen-bond donors (Lipinski definition) is 0. The van der Waals surface area contributed by atoms with Gasteiger partial charge in [0, 0.05) is 12.1 Å². The lowest BCUT2D eigenvalue weighted by Crippen LogP contribution is -2.18. The highest BCUT2D eigenvalue weighted by molar-refractivity contribution is 5.61. The quantitative estimate of drug-likeness (QED) is 0.120. The summed E-state index contributed by atoms with van der Waals surface area (Å²) in [5.41, 5.74) is -4.17.